The Hall–Kier alpha value is -0.900. The lowest BCUT2D eigenvalue weighted by Gasteiger charge is -2.35. The quantitative estimate of drug-likeness (QED) is 0.603. The second kappa shape index (κ2) is 3.46. The van der Waals surface area contributed by atoms with E-state index in [-0.39, 0.29) is 12.2 Å². The lowest BCUT2D eigenvalue weighted by molar-refractivity contribution is -0.169. The second-order valence-electron chi connectivity index (χ2n) is 3.71. The number of rotatable bonds is 1. The predicted molar refractivity (Wildman–Crippen MR) is 45.0 cm³/mol. The standard InChI is InChI=1S/C9H14O4/c1-6(10)13-8-4-3-7(11)5-9(8,2)12/h8,12H,3-5H2,1-2H3/t8-,9+/m0/s1. The summed E-state index contributed by atoms with van der Waals surface area (Å²) in [6.45, 7) is 2.82. The van der Waals surface area contributed by atoms with Gasteiger partial charge in [-0.25, -0.2) is 0 Å². The summed E-state index contributed by atoms with van der Waals surface area (Å²) in [5.74, 6) is -0.395. The maximum Gasteiger partial charge on any atom is 0.303 e. The second-order valence-corrected chi connectivity index (χ2v) is 3.71. The van der Waals surface area contributed by atoms with Crippen molar-refractivity contribution in [3.63, 3.8) is 0 Å². The van der Waals surface area contributed by atoms with Crippen LogP contribution in [0.2, 0.25) is 0 Å². The summed E-state index contributed by atoms with van der Waals surface area (Å²) in [5, 5.41) is 9.76. The maximum atomic E-state index is 11.0. The van der Waals surface area contributed by atoms with Crippen LogP contribution in [0.3, 0.4) is 0 Å². The van der Waals surface area contributed by atoms with Crippen molar-refractivity contribution < 1.29 is 19.4 Å². The van der Waals surface area contributed by atoms with E-state index in [0.717, 1.165) is 0 Å². The largest absolute Gasteiger partial charge is 0.459 e. The zero-order valence-electron chi connectivity index (χ0n) is 7.87. The lowest BCUT2D eigenvalue weighted by atomic mass is 9.83. The number of hydrogen-bond acceptors (Lipinski definition) is 4. The summed E-state index contributed by atoms with van der Waals surface area (Å²) in [5.41, 5.74) is -1.19. The molecule has 4 heteroatoms. The first kappa shape index (κ1) is 10.2. The Morgan fingerprint density at radius 1 is 1.69 bits per heavy atom. The summed E-state index contributed by atoms with van der Waals surface area (Å²) >= 11 is 0. The van der Waals surface area contributed by atoms with Gasteiger partial charge >= 0.3 is 5.97 Å². The number of aliphatic hydroxyl groups is 1. The number of ether oxygens (including phenoxy) is 1. The van der Waals surface area contributed by atoms with Crippen molar-refractivity contribution in [2.45, 2.75) is 44.8 Å². The summed E-state index contributed by atoms with van der Waals surface area (Å²) in [6, 6.07) is 0. The minimum atomic E-state index is -1.19. The normalized spacial score (nSPS) is 34.4. The van der Waals surface area contributed by atoms with Crippen LogP contribution >= 0.6 is 0 Å². The van der Waals surface area contributed by atoms with Gasteiger partial charge in [-0.1, -0.05) is 0 Å². The van der Waals surface area contributed by atoms with Crippen molar-refractivity contribution in [2.24, 2.45) is 0 Å². The molecule has 0 saturated heterocycles. The van der Waals surface area contributed by atoms with Gasteiger partial charge in [0, 0.05) is 19.8 Å². The van der Waals surface area contributed by atoms with Crippen molar-refractivity contribution in [1.82, 2.24) is 0 Å². The van der Waals surface area contributed by atoms with Crippen LogP contribution in [0, 0.1) is 0 Å². The van der Waals surface area contributed by atoms with E-state index in [1.54, 1.807) is 0 Å². The smallest absolute Gasteiger partial charge is 0.303 e. The van der Waals surface area contributed by atoms with Crippen LogP contribution < -0.4 is 0 Å². The highest BCUT2D eigenvalue weighted by molar-refractivity contribution is 5.80. The average Bonchev–Trinajstić information content (AvgIpc) is 1.93. The summed E-state index contributed by atoms with van der Waals surface area (Å²) in [6.07, 6.45) is 0.340. The summed E-state index contributed by atoms with van der Waals surface area (Å²) < 4.78 is 4.91. The molecular formula is C9H14O4. The first-order valence-corrected chi connectivity index (χ1v) is 4.33. The zero-order chi connectivity index (χ0) is 10.1. The van der Waals surface area contributed by atoms with Crippen LogP contribution in [0.1, 0.15) is 33.1 Å². The highest BCUT2D eigenvalue weighted by Crippen LogP contribution is 2.28. The van der Waals surface area contributed by atoms with Gasteiger partial charge in [-0.05, 0) is 13.3 Å². The van der Waals surface area contributed by atoms with Gasteiger partial charge in [0.1, 0.15) is 17.5 Å². The van der Waals surface area contributed by atoms with Crippen molar-refractivity contribution in [3.05, 3.63) is 0 Å². The van der Waals surface area contributed by atoms with Gasteiger partial charge in [0.15, 0.2) is 0 Å². The van der Waals surface area contributed by atoms with Gasteiger partial charge < -0.3 is 9.84 Å². The molecule has 0 unspecified atom stereocenters. The van der Waals surface area contributed by atoms with Crippen LogP contribution in [0.4, 0.5) is 0 Å². The average molecular weight is 186 g/mol. The molecule has 0 aliphatic heterocycles. The zero-order valence-corrected chi connectivity index (χ0v) is 7.87. The van der Waals surface area contributed by atoms with E-state index >= 15 is 0 Å². The molecule has 0 bridgehead atoms. The highest BCUT2D eigenvalue weighted by atomic mass is 16.6. The van der Waals surface area contributed by atoms with Gasteiger partial charge in [-0.2, -0.15) is 0 Å². The molecule has 1 N–H and O–H groups in total. The number of carbonyl (C=O) groups excluding carboxylic acids is 2. The lowest BCUT2D eigenvalue weighted by Crippen LogP contribution is -2.47. The minimum Gasteiger partial charge on any atom is -0.459 e. The minimum absolute atomic E-state index is 0.0217. The van der Waals surface area contributed by atoms with Crippen molar-refractivity contribution in [2.75, 3.05) is 0 Å². The Balaban J connectivity index is 2.64. The third-order valence-corrected chi connectivity index (χ3v) is 2.24. The molecule has 1 saturated carbocycles. The fourth-order valence-corrected chi connectivity index (χ4v) is 1.59. The fraction of sp³-hybridized carbons (Fsp3) is 0.778. The Bertz CT molecular complexity index is 232. The van der Waals surface area contributed by atoms with E-state index in [2.05, 4.69) is 0 Å². The number of ketones is 1. The van der Waals surface area contributed by atoms with E-state index in [9.17, 15) is 14.7 Å². The van der Waals surface area contributed by atoms with Gasteiger partial charge in [0.05, 0.1) is 0 Å². The Morgan fingerprint density at radius 2 is 2.31 bits per heavy atom. The summed E-state index contributed by atoms with van der Waals surface area (Å²) in [7, 11) is 0. The molecule has 13 heavy (non-hydrogen) atoms. The molecule has 1 aliphatic carbocycles. The molecule has 1 rings (SSSR count). The molecule has 0 heterocycles. The van der Waals surface area contributed by atoms with Crippen LogP contribution in [0.15, 0.2) is 0 Å². The Kier molecular flexibility index (Phi) is 2.71. The molecule has 0 radical (unpaired) electrons. The SMILES string of the molecule is CC(=O)O[C@H]1CCC(=O)C[C@@]1(C)O. The van der Waals surface area contributed by atoms with Crippen LogP contribution in [0.25, 0.3) is 0 Å². The molecule has 0 aromatic carbocycles. The monoisotopic (exact) mass is 186 g/mol. The number of carbonyl (C=O) groups is 2. The molecule has 0 amide bonds. The maximum absolute atomic E-state index is 11.0. The van der Waals surface area contributed by atoms with Gasteiger partial charge in [0.25, 0.3) is 0 Å². The molecule has 0 aromatic rings. The van der Waals surface area contributed by atoms with Gasteiger partial charge in [-0.3, -0.25) is 9.59 Å². The third-order valence-electron chi connectivity index (χ3n) is 2.24. The fourth-order valence-electron chi connectivity index (χ4n) is 1.59. The number of hydrogen-bond donors (Lipinski definition) is 1. The molecule has 74 valence electrons. The van der Waals surface area contributed by atoms with Gasteiger partial charge in [0.2, 0.25) is 0 Å². The van der Waals surface area contributed by atoms with Crippen molar-refractivity contribution in [1.29, 1.82) is 0 Å². The molecule has 1 aliphatic rings. The molecule has 4 nitrogen and oxygen atoms in total. The van der Waals surface area contributed by atoms with Crippen LogP contribution in [-0.2, 0) is 14.3 Å². The first-order chi connectivity index (χ1) is 5.92. The van der Waals surface area contributed by atoms with E-state index in [4.69, 9.17) is 4.74 Å². The number of Topliss-reactive ketones (excluding diaryl/α,β-unsaturated/α-hetero) is 1. The van der Waals surface area contributed by atoms with E-state index in [0.29, 0.717) is 12.8 Å². The number of esters is 1. The Morgan fingerprint density at radius 3 is 2.77 bits per heavy atom. The van der Waals surface area contributed by atoms with E-state index < -0.39 is 17.7 Å². The van der Waals surface area contributed by atoms with Gasteiger partial charge in [-0.15, -0.1) is 0 Å². The molecule has 2 atom stereocenters. The molecule has 0 aromatic heterocycles. The van der Waals surface area contributed by atoms with Crippen LogP contribution in [-0.4, -0.2) is 28.6 Å². The third kappa shape index (κ3) is 2.52. The van der Waals surface area contributed by atoms with Crippen LogP contribution in [0.5, 0.6) is 0 Å². The Labute approximate surface area is 76.9 Å². The van der Waals surface area contributed by atoms with Crippen molar-refractivity contribution in [3.8, 4) is 0 Å². The summed E-state index contributed by atoms with van der Waals surface area (Å²) in [4.78, 5) is 21.7. The molecule has 0 spiro atoms. The van der Waals surface area contributed by atoms with E-state index in [1.807, 2.05) is 0 Å². The van der Waals surface area contributed by atoms with Crippen molar-refractivity contribution >= 4 is 11.8 Å². The first-order valence-electron chi connectivity index (χ1n) is 4.33. The molecule has 1 fully saturated rings. The van der Waals surface area contributed by atoms with E-state index in [1.165, 1.54) is 13.8 Å². The molecular weight excluding hydrogens is 172 g/mol. The topological polar surface area (TPSA) is 63.6 Å². The predicted octanol–water partition coefficient (Wildman–Crippen LogP) is 0.422. The highest BCUT2D eigenvalue weighted by Gasteiger charge is 2.40.